The molecule has 2 aromatic carbocycles. The number of hydrogen-bond acceptors (Lipinski definition) is 4. The molecule has 1 unspecified atom stereocenters. The van der Waals surface area contributed by atoms with E-state index in [4.69, 9.17) is 5.26 Å². The summed E-state index contributed by atoms with van der Waals surface area (Å²) < 4.78 is 0. The smallest absolute Gasteiger partial charge is 0.325 e. The molecule has 29 heavy (non-hydrogen) atoms. The largest absolute Gasteiger partial charge is 0.340 e. The second-order valence-electron chi connectivity index (χ2n) is 7.31. The lowest BCUT2D eigenvalue weighted by atomic mass is 9.91. The summed E-state index contributed by atoms with van der Waals surface area (Å²) in [5.41, 5.74) is 1.80. The summed E-state index contributed by atoms with van der Waals surface area (Å²) in [4.78, 5) is 40.5. The number of imide groups is 1. The minimum atomic E-state index is -1.28. The summed E-state index contributed by atoms with van der Waals surface area (Å²) in [5, 5.41) is 11.6. The van der Waals surface area contributed by atoms with Crippen LogP contribution in [0.5, 0.6) is 0 Å². The van der Waals surface area contributed by atoms with Gasteiger partial charge in [0.1, 0.15) is 12.1 Å². The summed E-state index contributed by atoms with van der Waals surface area (Å²) in [5.74, 6) is -0.828. The van der Waals surface area contributed by atoms with Crippen molar-refractivity contribution in [2.24, 2.45) is 0 Å². The van der Waals surface area contributed by atoms with Gasteiger partial charge in [0.15, 0.2) is 0 Å². The molecule has 0 saturated carbocycles. The molecule has 0 aliphatic carbocycles. The number of rotatable bonds is 5. The first-order chi connectivity index (χ1) is 13.8. The number of carbonyl (C=O) groups excluding carboxylic acids is 3. The number of benzene rings is 2. The van der Waals surface area contributed by atoms with Crippen LogP contribution in [0.1, 0.15) is 29.2 Å². The van der Waals surface area contributed by atoms with Crippen LogP contribution in [0.3, 0.4) is 0 Å². The first kappa shape index (κ1) is 20.1. The normalized spacial score (nSPS) is 18.3. The third-order valence-corrected chi connectivity index (χ3v) is 5.25. The predicted molar refractivity (Wildman–Crippen MR) is 106 cm³/mol. The van der Waals surface area contributed by atoms with Crippen molar-refractivity contribution < 1.29 is 14.4 Å². The molecular formula is C22H22N4O3. The molecule has 4 amide bonds. The van der Waals surface area contributed by atoms with Gasteiger partial charge in [0.2, 0.25) is 5.91 Å². The van der Waals surface area contributed by atoms with Crippen LogP contribution in [0.25, 0.3) is 0 Å². The number of amides is 4. The molecular weight excluding hydrogens is 368 g/mol. The predicted octanol–water partition coefficient (Wildman–Crippen LogP) is 2.29. The van der Waals surface area contributed by atoms with Crippen LogP contribution in [0.2, 0.25) is 0 Å². The van der Waals surface area contributed by atoms with Gasteiger partial charge in [0, 0.05) is 13.6 Å². The number of nitriles is 1. The van der Waals surface area contributed by atoms with Gasteiger partial charge < -0.3 is 10.2 Å². The molecule has 1 saturated heterocycles. The molecule has 1 aliphatic rings. The second-order valence-corrected chi connectivity index (χ2v) is 7.31. The number of nitrogens with zero attached hydrogens (tertiary/aromatic N) is 3. The van der Waals surface area contributed by atoms with Crippen LogP contribution in [0.15, 0.2) is 48.5 Å². The molecule has 148 valence electrons. The van der Waals surface area contributed by atoms with E-state index in [1.54, 1.807) is 38.2 Å². The standard InChI is InChI=1S/C22H22N4O3/c1-15-6-4-5-7-17(15)13-25(3)19(27)14-26-20(28)22(2,24-21(26)29)18-10-8-16(12-23)9-11-18/h4-11H,13-14H2,1-3H3,(H,24,29). The van der Waals surface area contributed by atoms with E-state index in [2.05, 4.69) is 5.32 Å². The van der Waals surface area contributed by atoms with Gasteiger partial charge in [-0.1, -0.05) is 36.4 Å². The number of nitrogens with one attached hydrogen (secondary N) is 1. The summed E-state index contributed by atoms with van der Waals surface area (Å²) in [7, 11) is 1.65. The topological polar surface area (TPSA) is 93.5 Å². The average molecular weight is 390 g/mol. The zero-order valence-corrected chi connectivity index (χ0v) is 16.6. The van der Waals surface area contributed by atoms with Crippen molar-refractivity contribution in [3.63, 3.8) is 0 Å². The zero-order valence-electron chi connectivity index (χ0n) is 16.6. The van der Waals surface area contributed by atoms with Crippen LogP contribution < -0.4 is 5.32 Å². The van der Waals surface area contributed by atoms with Gasteiger partial charge in [-0.15, -0.1) is 0 Å². The fourth-order valence-corrected chi connectivity index (χ4v) is 3.30. The van der Waals surface area contributed by atoms with Crippen molar-refractivity contribution in [2.75, 3.05) is 13.6 Å². The van der Waals surface area contributed by atoms with Crippen LogP contribution in [-0.4, -0.2) is 41.2 Å². The first-order valence-corrected chi connectivity index (χ1v) is 9.19. The molecule has 1 aliphatic heterocycles. The third kappa shape index (κ3) is 3.83. The quantitative estimate of drug-likeness (QED) is 0.793. The number of likely N-dealkylation sites (N-methyl/N-ethyl adjacent to an activating group) is 1. The lowest BCUT2D eigenvalue weighted by molar-refractivity contribution is -0.138. The highest BCUT2D eigenvalue weighted by Crippen LogP contribution is 2.29. The SMILES string of the molecule is Cc1ccccc1CN(C)C(=O)CN1C(=O)NC(C)(c2ccc(C#N)cc2)C1=O. The Morgan fingerprint density at radius 2 is 1.83 bits per heavy atom. The lowest BCUT2D eigenvalue weighted by Crippen LogP contribution is -2.43. The number of aryl methyl sites for hydroxylation is 1. The van der Waals surface area contributed by atoms with E-state index in [0.29, 0.717) is 17.7 Å². The van der Waals surface area contributed by atoms with Gasteiger partial charge >= 0.3 is 6.03 Å². The van der Waals surface area contributed by atoms with Gasteiger partial charge in [-0.3, -0.25) is 14.5 Å². The molecule has 7 heteroatoms. The van der Waals surface area contributed by atoms with Gasteiger partial charge in [-0.25, -0.2) is 4.79 Å². The van der Waals surface area contributed by atoms with Crippen molar-refractivity contribution in [3.8, 4) is 6.07 Å². The number of urea groups is 1. The van der Waals surface area contributed by atoms with E-state index >= 15 is 0 Å². The fraction of sp³-hybridized carbons (Fsp3) is 0.273. The zero-order chi connectivity index (χ0) is 21.2. The van der Waals surface area contributed by atoms with E-state index < -0.39 is 17.5 Å². The Hall–Kier alpha value is -3.66. The molecule has 1 heterocycles. The molecule has 7 nitrogen and oxygen atoms in total. The number of hydrogen-bond donors (Lipinski definition) is 1. The van der Waals surface area contributed by atoms with Gasteiger partial charge in [0.05, 0.1) is 11.6 Å². The van der Waals surface area contributed by atoms with E-state index in [-0.39, 0.29) is 12.5 Å². The molecule has 0 radical (unpaired) electrons. The summed E-state index contributed by atoms with van der Waals surface area (Å²) in [6.07, 6.45) is 0. The number of carbonyl (C=O) groups is 3. The molecule has 3 rings (SSSR count). The van der Waals surface area contributed by atoms with Crippen molar-refractivity contribution >= 4 is 17.8 Å². The van der Waals surface area contributed by atoms with Crippen molar-refractivity contribution in [2.45, 2.75) is 25.9 Å². The van der Waals surface area contributed by atoms with E-state index in [0.717, 1.165) is 16.0 Å². The van der Waals surface area contributed by atoms with E-state index in [9.17, 15) is 14.4 Å². The molecule has 0 aromatic heterocycles. The van der Waals surface area contributed by atoms with Crippen LogP contribution in [0.4, 0.5) is 4.79 Å². The summed E-state index contributed by atoms with van der Waals surface area (Å²) >= 11 is 0. The molecule has 1 N–H and O–H groups in total. The van der Waals surface area contributed by atoms with Gasteiger partial charge in [0.25, 0.3) is 5.91 Å². The lowest BCUT2D eigenvalue weighted by Gasteiger charge is -2.23. The minimum Gasteiger partial charge on any atom is -0.340 e. The fourth-order valence-electron chi connectivity index (χ4n) is 3.30. The molecule has 0 spiro atoms. The first-order valence-electron chi connectivity index (χ1n) is 9.19. The summed E-state index contributed by atoms with van der Waals surface area (Å²) in [6, 6.07) is 15.6. The summed E-state index contributed by atoms with van der Waals surface area (Å²) in [6.45, 7) is 3.62. The Bertz CT molecular complexity index is 1010. The van der Waals surface area contributed by atoms with Crippen molar-refractivity contribution in [1.29, 1.82) is 5.26 Å². The van der Waals surface area contributed by atoms with Crippen LogP contribution in [0, 0.1) is 18.3 Å². The molecule has 1 fully saturated rings. The van der Waals surface area contributed by atoms with E-state index in [1.807, 2.05) is 37.3 Å². The maximum Gasteiger partial charge on any atom is 0.325 e. The monoisotopic (exact) mass is 390 g/mol. The van der Waals surface area contributed by atoms with Gasteiger partial charge in [-0.2, -0.15) is 5.26 Å². The second kappa shape index (κ2) is 7.76. The minimum absolute atomic E-state index is 0.333. The maximum atomic E-state index is 13.0. The Labute approximate surface area is 169 Å². The van der Waals surface area contributed by atoms with Crippen LogP contribution in [-0.2, 0) is 21.7 Å². The Morgan fingerprint density at radius 3 is 2.45 bits per heavy atom. The maximum absolute atomic E-state index is 13.0. The third-order valence-electron chi connectivity index (χ3n) is 5.25. The Morgan fingerprint density at radius 1 is 1.17 bits per heavy atom. The van der Waals surface area contributed by atoms with Crippen LogP contribution >= 0.6 is 0 Å². The molecule has 1 atom stereocenters. The highest BCUT2D eigenvalue weighted by atomic mass is 16.2. The molecule has 0 bridgehead atoms. The van der Waals surface area contributed by atoms with E-state index in [1.165, 1.54) is 4.90 Å². The van der Waals surface area contributed by atoms with Crippen molar-refractivity contribution in [1.82, 2.24) is 15.1 Å². The average Bonchev–Trinajstić information content (AvgIpc) is 2.93. The van der Waals surface area contributed by atoms with Crippen molar-refractivity contribution in [3.05, 3.63) is 70.8 Å². The molecule has 2 aromatic rings. The highest BCUT2D eigenvalue weighted by Gasteiger charge is 2.49. The highest BCUT2D eigenvalue weighted by molar-refractivity contribution is 6.09. The Balaban J connectivity index is 1.73. The van der Waals surface area contributed by atoms with Gasteiger partial charge in [-0.05, 0) is 42.7 Å². The Kier molecular flexibility index (Phi) is 5.37.